The monoisotopic (exact) mass is 340 g/mol. The number of hydrogen-bond acceptors (Lipinski definition) is 3. The molecular weight excluding hydrogens is 316 g/mol. The number of anilines is 1. The maximum absolute atomic E-state index is 12.5. The minimum absolute atomic E-state index is 0.184. The molecule has 0 spiro atoms. The van der Waals surface area contributed by atoms with Crippen molar-refractivity contribution in [2.45, 2.75) is 40.2 Å². The molecule has 1 aliphatic heterocycles. The Morgan fingerprint density at radius 2 is 1.92 bits per heavy atom. The lowest BCUT2D eigenvalue weighted by Crippen LogP contribution is -2.33. The highest BCUT2D eigenvalue weighted by atomic mass is 16.5. The number of amides is 1. The Bertz CT molecular complexity index is 820. The highest BCUT2D eigenvalue weighted by Crippen LogP contribution is 2.27. The van der Waals surface area contributed by atoms with Crippen LogP contribution in [0.5, 0.6) is 0 Å². The number of carbonyl (C=O) groups excluding carboxylic acids is 2. The second-order valence-corrected chi connectivity index (χ2v) is 6.75. The lowest BCUT2D eigenvalue weighted by molar-refractivity contribution is -0.121. The molecule has 0 unspecified atom stereocenters. The molecule has 132 valence electrons. The zero-order chi connectivity index (χ0) is 18.1. The zero-order valence-corrected chi connectivity index (χ0v) is 15.2. The topological polar surface area (TPSA) is 51.5 Å². The van der Waals surface area contributed by atoms with Gasteiger partial charge in [-0.2, -0.15) is 0 Å². The molecule has 2 aromatic rings. The molecule has 0 saturated carbocycles. The van der Waals surface area contributed by atoms with Crippen molar-refractivity contribution in [1.82, 2.24) is 4.57 Å². The van der Waals surface area contributed by atoms with Crippen molar-refractivity contribution in [3.05, 3.63) is 52.8 Å². The van der Waals surface area contributed by atoms with E-state index in [9.17, 15) is 9.59 Å². The van der Waals surface area contributed by atoms with Gasteiger partial charge in [-0.15, -0.1) is 0 Å². The number of rotatable bonds is 4. The summed E-state index contributed by atoms with van der Waals surface area (Å²) in [5, 5.41) is 0. The number of fused-ring (bicyclic) bond motifs is 1. The van der Waals surface area contributed by atoms with Crippen LogP contribution in [0, 0.1) is 13.8 Å². The predicted octanol–water partition coefficient (Wildman–Crippen LogP) is 3.43. The van der Waals surface area contributed by atoms with Gasteiger partial charge in [0.15, 0.2) is 6.61 Å². The van der Waals surface area contributed by atoms with Crippen molar-refractivity contribution in [3.63, 3.8) is 0 Å². The fraction of sp³-hybridized carbons (Fsp3) is 0.400. The van der Waals surface area contributed by atoms with E-state index in [1.807, 2.05) is 44.2 Å². The molecule has 0 saturated heterocycles. The van der Waals surface area contributed by atoms with Gasteiger partial charge in [0.05, 0.1) is 5.56 Å². The number of aryl methyl sites for hydroxylation is 1. The van der Waals surface area contributed by atoms with E-state index in [2.05, 4.69) is 18.4 Å². The molecule has 0 atom stereocenters. The minimum atomic E-state index is -0.444. The normalized spacial score (nSPS) is 13.2. The second-order valence-electron chi connectivity index (χ2n) is 6.75. The summed E-state index contributed by atoms with van der Waals surface area (Å²) in [7, 11) is 0. The Labute approximate surface area is 148 Å². The van der Waals surface area contributed by atoms with Gasteiger partial charge >= 0.3 is 5.97 Å². The van der Waals surface area contributed by atoms with E-state index in [1.54, 1.807) is 4.90 Å². The third-order valence-electron chi connectivity index (χ3n) is 4.74. The molecule has 1 aromatic heterocycles. The van der Waals surface area contributed by atoms with Gasteiger partial charge in [0.1, 0.15) is 0 Å². The van der Waals surface area contributed by atoms with Crippen LogP contribution in [0.3, 0.4) is 0 Å². The number of ether oxygens (including phenoxy) is 1. The Kier molecular flexibility index (Phi) is 4.66. The average molecular weight is 340 g/mol. The number of para-hydroxylation sites is 1. The summed E-state index contributed by atoms with van der Waals surface area (Å²) in [4.78, 5) is 26.6. The Hall–Kier alpha value is -2.56. The molecular formula is C20H24N2O3. The summed E-state index contributed by atoms with van der Waals surface area (Å²) in [6.07, 6.45) is 0.839. The van der Waals surface area contributed by atoms with Crippen molar-refractivity contribution in [2.24, 2.45) is 0 Å². The molecule has 5 nitrogen and oxygen atoms in total. The van der Waals surface area contributed by atoms with Crippen LogP contribution in [0.25, 0.3) is 0 Å². The van der Waals surface area contributed by atoms with Gasteiger partial charge < -0.3 is 14.2 Å². The van der Waals surface area contributed by atoms with E-state index in [-0.39, 0.29) is 18.6 Å². The fourth-order valence-electron chi connectivity index (χ4n) is 3.66. The van der Waals surface area contributed by atoms with Gasteiger partial charge in [0.2, 0.25) is 0 Å². The average Bonchev–Trinajstić information content (AvgIpc) is 3.13. The standard InChI is InChI=1S/C20H24N2O3/c1-13(2)22-14(3)11-17(15(22)4)20(24)25-12-19(23)21-10-9-16-7-5-6-8-18(16)21/h5-8,11,13H,9-10,12H2,1-4H3. The van der Waals surface area contributed by atoms with Crippen LogP contribution in [0.15, 0.2) is 30.3 Å². The van der Waals surface area contributed by atoms with Gasteiger partial charge in [0.25, 0.3) is 5.91 Å². The van der Waals surface area contributed by atoms with E-state index in [0.29, 0.717) is 12.1 Å². The van der Waals surface area contributed by atoms with Crippen LogP contribution in [0.2, 0.25) is 0 Å². The zero-order valence-electron chi connectivity index (χ0n) is 15.2. The van der Waals surface area contributed by atoms with Crippen molar-refractivity contribution in [3.8, 4) is 0 Å². The summed E-state index contributed by atoms with van der Waals surface area (Å²) >= 11 is 0. The molecule has 5 heteroatoms. The van der Waals surface area contributed by atoms with Gasteiger partial charge in [-0.1, -0.05) is 18.2 Å². The van der Waals surface area contributed by atoms with Crippen LogP contribution in [0.1, 0.15) is 47.2 Å². The van der Waals surface area contributed by atoms with Crippen LogP contribution < -0.4 is 4.90 Å². The predicted molar refractivity (Wildman–Crippen MR) is 97.1 cm³/mol. The first kappa shape index (κ1) is 17.3. The minimum Gasteiger partial charge on any atom is -0.452 e. The van der Waals surface area contributed by atoms with Crippen molar-refractivity contribution >= 4 is 17.6 Å². The quantitative estimate of drug-likeness (QED) is 0.801. The van der Waals surface area contributed by atoms with Gasteiger partial charge in [-0.3, -0.25) is 4.79 Å². The molecule has 2 heterocycles. The largest absolute Gasteiger partial charge is 0.452 e. The van der Waals surface area contributed by atoms with Crippen LogP contribution in [-0.4, -0.2) is 29.6 Å². The fourth-order valence-corrected chi connectivity index (χ4v) is 3.66. The molecule has 0 N–H and O–H groups in total. The van der Waals surface area contributed by atoms with Crippen LogP contribution >= 0.6 is 0 Å². The van der Waals surface area contributed by atoms with Crippen molar-refractivity contribution in [2.75, 3.05) is 18.1 Å². The number of hydrogen-bond donors (Lipinski definition) is 0. The summed E-state index contributed by atoms with van der Waals surface area (Å²) in [5.41, 5.74) is 4.49. The van der Waals surface area contributed by atoms with E-state index in [1.165, 1.54) is 0 Å². The second kappa shape index (κ2) is 6.75. The summed E-state index contributed by atoms with van der Waals surface area (Å²) in [6.45, 7) is 8.42. The van der Waals surface area contributed by atoms with Crippen molar-refractivity contribution in [1.29, 1.82) is 0 Å². The first-order valence-electron chi connectivity index (χ1n) is 8.64. The third-order valence-corrected chi connectivity index (χ3v) is 4.74. The van der Waals surface area contributed by atoms with Gasteiger partial charge in [-0.05, 0) is 51.8 Å². The molecule has 0 fully saturated rings. The highest BCUT2D eigenvalue weighted by molar-refractivity contribution is 5.98. The first-order chi connectivity index (χ1) is 11.9. The smallest absolute Gasteiger partial charge is 0.340 e. The van der Waals surface area contributed by atoms with E-state index in [4.69, 9.17) is 4.74 Å². The maximum atomic E-state index is 12.5. The van der Waals surface area contributed by atoms with Crippen LogP contribution in [-0.2, 0) is 16.0 Å². The molecule has 1 aliphatic rings. The molecule has 1 aromatic carbocycles. The molecule has 0 radical (unpaired) electrons. The number of aromatic nitrogens is 1. The lowest BCUT2D eigenvalue weighted by Gasteiger charge is -2.17. The Morgan fingerprint density at radius 3 is 2.60 bits per heavy atom. The van der Waals surface area contributed by atoms with Crippen molar-refractivity contribution < 1.29 is 14.3 Å². The number of carbonyl (C=O) groups is 2. The first-order valence-corrected chi connectivity index (χ1v) is 8.64. The molecule has 25 heavy (non-hydrogen) atoms. The van der Waals surface area contributed by atoms with E-state index < -0.39 is 5.97 Å². The van der Waals surface area contributed by atoms with E-state index >= 15 is 0 Å². The number of benzene rings is 1. The third kappa shape index (κ3) is 3.18. The SMILES string of the molecule is Cc1cc(C(=O)OCC(=O)N2CCc3ccccc32)c(C)n1C(C)C. The van der Waals surface area contributed by atoms with Gasteiger partial charge in [0, 0.05) is 29.7 Å². The maximum Gasteiger partial charge on any atom is 0.340 e. The lowest BCUT2D eigenvalue weighted by atomic mass is 10.2. The number of esters is 1. The summed E-state index contributed by atoms with van der Waals surface area (Å²) < 4.78 is 7.40. The summed E-state index contributed by atoms with van der Waals surface area (Å²) in [6, 6.07) is 9.93. The number of nitrogens with zero attached hydrogens (tertiary/aromatic N) is 2. The van der Waals surface area contributed by atoms with Gasteiger partial charge in [-0.25, -0.2) is 4.79 Å². The highest BCUT2D eigenvalue weighted by Gasteiger charge is 2.26. The molecule has 0 aliphatic carbocycles. The molecule has 3 rings (SSSR count). The molecule has 0 bridgehead atoms. The van der Waals surface area contributed by atoms with E-state index in [0.717, 1.165) is 29.1 Å². The van der Waals surface area contributed by atoms with Crippen LogP contribution in [0.4, 0.5) is 5.69 Å². The Morgan fingerprint density at radius 1 is 1.20 bits per heavy atom. The Balaban J connectivity index is 1.67. The molecule has 1 amide bonds. The summed E-state index contributed by atoms with van der Waals surface area (Å²) in [5.74, 6) is -0.628.